The molecule has 7 heteroatoms. The Morgan fingerprint density at radius 1 is 1.26 bits per heavy atom. The fourth-order valence-corrected chi connectivity index (χ4v) is 2.43. The predicted molar refractivity (Wildman–Crippen MR) is 89.6 cm³/mol. The van der Waals surface area contributed by atoms with Gasteiger partial charge >= 0.3 is 12.1 Å². The molecule has 0 spiro atoms. The summed E-state index contributed by atoms with van der Waals surface area (Å²) in [6.45, 7) is 5.24. The second kappa shape index (κ2) is 8.19. The van der Waals surface area contributed by atoms with E-state index in [0.717, 1.165) is 10.0 Å². The molecule has 0 radical (unpaired) electrons. The first-order valence-corrected chi connectivity index (χ1v) is 7.86. The maximum atomic E-state index is 12.0. The quantitative estimate of drug-likeness (QED) is 0.785. The van der Waals surface area contributed by atoms with Crippen LogP contribution < -0.4 is 10.1 Å². The SMILES string of the molecule is COC(=O)[C@H](Cc1c(Br)cccc1OC)NC(=O)OC(C)(C)C. The smallest absolute Gasteiger partial charge is 0.408 e. The van der Waals surface area contributed by atoms with Crippen LogP contribution in [0.3, 0.4) is 0 Å². The van der Waals surface area contributed by atoms with Crippen molar-refractivity contribution in [1.29, 1.82) is 0 Å². The van der Waals surface area contributed by atoms with E-state index in [1.54, 1.807) is 33.9 Å². The van der Waals surface area contributed by atoms with Crippen LogP contribution in [0.4, 0.5) is 4.79 Å². The largest absolute Gasteiger partial charge is 0.496 e. The number of ether oxygens (including phenoxy) is 3. The van der Waals surface area contributed by atoms with Gasteiger partial charge in [-0.1, -0.05) is 22.0 Å². The second-order valence-electron chi connectivity index (χ2n) is 5.85. The molecule has 1 rings (SSSR count). The Kier molecular flexibility index (Phi) is 6.87. The molecule has 0 aliphatic heterocycles. The molecule has 0 aliphatic rings. The van der Waals surface area contributed by atoms with E-state index in [0.29, 0.717) is 5.75 Å². The van der Waals surface area contributed by atoms with Gasteiger partial charge in [-0.05, 0) is 32.9 Å². The van der Waals surface area contributed by atoms with Crippen molar-refractivity contribution in [3.63, 3.8) is 0 Å². The minimum Gasteiger partial charge on any atom is -0.496 e. The maximum Gasteiger partial charge on any atom is 0.408 e. The molecule has 0 saturated carbocycles. The van der Waals surface area contributed by atoms with Crippen molar-refractivity contribution in [3.05, 3.63) is 28.2 Å². The van der Waals surface area contributed by atoms with Crippen LogP contribution in [0.1, 0.15) is 26.3 Å². The highest BCUT2D eigenvalue weighted by Crippen LogP contribution is 2.28. The van der Waals surface area contributed by atoms with Gasteiger partial charge in [-0.2, -0.15) is 0 Å². The lowest BCUT2D eigenvalue weighted by molar-refractivity contribution is -0.143. The topological polar surface area (TPSA) is 73.9 Å². The van der Waals surface area contributed by atoms with Crippen LogP contribution in [-0.2, 0) is 20.7 Å². The van der Waals surface area contributed by atoms with Crippen LogP contribution in [0.5, 0.6) is 5.75 Å². The number of amides is 1. The molecule has 0 heterocycles. The lowest BCUT2D eigenvalue weighted by atomic mass is 10.0. The monoisotopic (exact) mass is 387 g/mol. The Hall–Kier alpha value is -1.76. The van der Waals surface area contributed by atoms with Gasteiger partial charge < -0.3 is 19.5 Å². The van der Waals surface area contributed by atoms with E-state index in [1.807, 2.05) is 12.1 Å². The van der Waals surface area contributed by atoms with E-state index in [4.69, 9.17) is 14.2 Å². The highest BCUT2D eigenvalue weighted by Gasteiger charge is 2.27. The summed E-state index contributed by atoms with van der Waals surface area (Å²) in [6, 6.07) is 4.55. The standard InChI is InChI=1S/C16H22BrNO5/c1-16(2,3)23-15(20)18-12(14(19)22-5)9-10-11(17)7-6-8-13(10)21-4/h6-8,12H,9H2,1-5H3,(H,18,20)/t12-/m0/s1. The molecule has 0 bridgehead atoms. The lowest BCUT2D eigenvalue weighted by Crippen LogP contribution is -2.45. The molecule has 1 atom stereocenters. The molecule has 0 aromatic heterocycles. The number of carbonyl (C=O) groups is 2. The Labute approximate surface area is 144 Å². The summed E-state index contributed by atoms with van der Waals surface area (Å²) in [7, 11) is 2.81. The molecule has 0 saturated heterocycles. The molecule has 1 N–H and O–H groups in total. The van der Waals surface area contributed by atoms with Crippen LogP contribution >= 0.6 is 15.9 Å². The molecule has 1 aromatic rings. The second-order valence-corrected chi connectivity index (χ2v) is 6.70. The molecular formula is C16H22BrNO5. The highest BCUT2D eigenvalue weighted by molar-refractivity contribution is 9.10. The van der Waals surface area contributed by atoms with Gasteiger partial charge in [-0.3, -0.25) is 0 Å². The first-order valence-electron chi connectivity index (χ1n) is 7.06. The van der Waals surface area contributed by atoms with Crippen molar-refractivity contribution in [1.82, 2.24) is 5.32 Å². The summed E-state index contributed by atoms with van der Waals surface area (Å²) in [5, 5.41) is 2.54. The minimum absolute atomic E-state index is 0.205. The Balaban J connectivity index is 2.97. The number of hydrogen-bond donors (Lipinski definition) is 1. The summed E-state index contributed by atoms with van der Waals surface area (Å²) in [5.41, 5.74) is 0.0944. The number of alkyl carbamates (subject to hydrolysis) is 1. The third-order valence-electron chi connectivity index (χ3n) is 2.88. The first kappa shape index (κ1) is 19.3. The fraction of sp³-hybridized carbons (Fsp3) is 0.500. The van der Waals surface area contributed by atoms with Crippen molar-refractivity contribution in [2.75, 3.05) is 14.2 Å². The molecule has 0 unspecified atom stereocenters. The average Bonchev–Trinajstić information content (AvgIpc) is 2.45. The highest BCUT2D eigenvalue weighted by atomic mass is 79.9. The average molecular weight is 388 g/mol. The van der Waals surface area contributed by atoms with Crippen LogP contribution in [0.25, 0.3) is 0 Å². The van der Waals surface area contributed by atoms with Crippen LogP contribution in [0, 0.1) is 0 Å². The lowest BCUT2D eigenvalue weighted by Gasteiger charge is -2.23. The number of rotatable bonds is 5. The van der Waals surface area contributed by atoms with Gasteiger partial charge in [0.05, 0.1) is 14.2 Å². The van der Waals surface area contributed by atoms with Gasteiger partial charge in [0.15, 0.2) is 0 Å². The third kappa shape index (κ3) is 6.09. The van der Waals surface area contributed by atoms with Crippen molar-refractivity contribution >= 4 is 28.0 Å². The van der Waals surface area contributed by atoms with Crippen molar-refractivity contribution in [2.45, 2.75) is 38.8 Å². The summed E-state index contributed by atoms with van der Waals surface area (Å²) >= 11 is 3.43. The molecule has 0 fully saturated rings. The van der Waals surface area contributed by atoms with Crippen LogP contribution in [0.15, 0.2) is 22.7 Å². The molecule has 1 aromatic carbocycles. The van der Waals surface area contributed by atoms with Gasteiger partial charge in [0, 0.05) is 16.5 Å². The Bertz CT molecular complexity index is 568. The summed E-state index contributed by atoms with van der Waals surface area (Å²) in [4.78, 5) is 23.9. The molecule has 6 nitrogen and oxygen atoms in total. The number of halogens is 1. The van der Waals surface area contributed by atoms with E-state index in [9.17, 15) is 9.59 Å². The zero-order chi connectivity index (χ0) is 17.6. The van der Waals surface area contributed by atoms with E-state index in [-0.39, 0.29) is 6.42 Å². The van der Waals surface area contributed by atoms with Crippen molar-refractivity contribution in [2.24, 2.45) is 0 Å². The van der Waals surface area contributed by atoms with Gasteiger partial charge in [-0.25, -0.2) is 9.59 Å². The van der Waals surface area contributed by atoms with E-state index in [2.05, 4.69) is 21.2 Å². The van der Waals surface area contributed by atoms with Gasteiger partial charge in [0.2, 0.25) is 0 Å². The van der Waals surface area contributed by atoms with E-state index < -0.39 is 23.7 Å². The molecular weight excluding hydrogens is 366 g/mol. The number of carbonyl (C=O) groups excluding carboxylic acids is 2. The normalized spacial score (nSPS) is 12.3. The zero-order valence-corrected chi connectivity index (χ0v) is 15.5. The number of esters is 1. The molecule has 0 aliphatic carbocycles. The fourth-order valence-electron chi connectivity index (χ4n) is 1.92. The van der Waals surface area contributed by atoms with Gasteiger partial charge in [0.1, 0.15) is 17.4 Å². The van der Waals surface area contributed by atoms with Crippen molar-refractivity contribution < 1.29 is 23.8 Å². The maximum absolute atomic E-state index is 12.0. The van der Waals surface area contributed by atoms with Crippen LogP contribution in [-0.4, -0.2) is 37.9 Å². The van der Waals surface area contributed by atoms with E-state index >= 15 is 0 Å². The first-order chi connectivity index (χ1) is 10.7. The predicted octanol–water partition coefficient (Wildman–Crippen LogP) is 3.07. The molecule has 23 heavy (non-hydrogen) atoms. The number of nitrogens with one attached hydrogen (secondary N) is 1. The number of methoxy groups -OCH3 is 2. The molecule has 1 amide bonds. The van der Waals surface area contributed by atoms with E-state index in [1.165, 1.54) is 7.11 Å². The van der Waals surface area contributed by atoms with Gasteiger partial charge in [0.25, 0.3) is 0 Å². The van der Waals surface area contributed by atoms with Crippen molar-refractivity contribution in [3.8, 4) is 5.75 Å². The van der Waals surface area contributed by atoms with Gasteiger partial charge in [-0.15, -0.1) is 0 Å². The zero-order valence-electron chi connectivity index (χ0n) is 13.9. The summed E-state index contributed by atoms with van der Waals surface area (Å²) in [6.07, 6.45) is -0.477. The molecule has 128 valence electrons. The summed E-state index contributed by atoms with van der Waals surface area (Å²) in [5.74, 6) is 0.0490. The third-order valence-corrected chi connectivity index (χ3v) is 3.62. The Morgan fingerprint density at radius 3 is 2.43 bits per heavy atom. The minimum atomic E-state index is -0.887. The number of hydrogen-bond acceptors (Lipinski definition) is 5. The Morgan fingerprint density at radius 2 is 1.91 bits per heavy atom. The van der Waals surface area contributed by atoms with Crippen LogP contribution in [0.2, 0.25) is 0 Å². The summed E-state index contributed by atoms with van der Waals surface area (Å²) < 4.78 is 16.0. The number of benzene rings is 1.